The van der Waals surface area contributed by atoms with Gasteiger partial charge in [0.25, 0.3) is 0 Å². The highest BCUT2D eigenvalue weighted by molar-refractivity contribution is 5.81. The average Bonchev–Trinajstić information content (AvgIpc) is 2.57. The molecule has 0 aliphatic heterocycles. The monoisotopic (exact) mass is 342 g/mol. The average molecular weight is 342 g/mol. The van der Waals surface area contributed by atoms with Gasteiger partial charge in [0, 0.05) is 17.3 Å². The molecule has 1 amide bonds. The summed E-state index contributed by atoms with van der Waals surface area (Å²) in [5, 5.41) is 6.01. The second kappa shape index (κ2) is 8.97. The molecule has 5 heteroatoms. The van der Waals surface area contributed by atoms with Crippen molar-refractivity contribution >= 4 is 11.6 Å². The van der Waals surface area contributed by atoms with E-state index in [1.807, 2.05) is 75.4 Å². The molecular weight excluding hydrogens is 316 g/mol. The topological polar surface area (TPSA) is 59.6 Å². The van der Waals surface area contributed by atoms with Gasteiger partial charge < -0.3 is 20.1 Å². The number of nitrogens with one attached hydrogen (secondary N) is 2. The van der Waals surface area contributed by atoms with Gasteiger partial charge in [0.05, 0.1) is 6.54 Å². The van der Waals surface area contributed by atoms with Crippen LogP contribution in [0.25, 0.3) is 0 Å². The number of carbonyl (C=O) groups is 1. The predicted octanol–water partition coefficient (Wildman–Crippen LogP) is 3.47. The summed E-state index contributed by atoms with van der Waals surface area (Å²) in [6.45, 7) is 7.00. The lowest BCUT2D eigenvalue weighted by Crippen LogP contribution is -2.43. The highest BCUT2D eigenvalue weighted by atomic mass is 16.5. The molecule has 2 N–H and O–H groups in total. The minimum Gasteiger partial charge on any atom is -0.490 e. The first kappa shape index (κ1) is 18.6. The number of ether oxygens (including phenoxy) is 2. The van der Waals surface area contributed by atoms with Crippen LogP contribution < -0.4 is 20.1 Å². The van der Waals surface area contributed by atoms with E-state index in [0.29, 0.717) is 13.2 Å². The minimum absolute atomic E-state index is 0.0462. The smallest absolute Gasteiger partial charge is 0.239 e. The zero-order valence-electron chi connectivity index (χ0n) is 15.0. The molecule has 2 aromatic rings. The van der Waals surface area contributed by atoms with Gasteiger partial charge >= 0.3 is 0 Å². The van der Waals surface area contributed by atoms with E-state index in [1.165, 1.54) is 0 Å². The van der Waals surface area contributed by atoms with Crippen molar-refractivity contribution in [3.63, 3.8) is 0 Å². The van der Waals surface area contributed by atoms with Crippen molar-refractivity contribution in [1.29, 1.82) is 0 Å². The summed E-state index contributed by atoms with van der Waals surface area (Å²) >= 11 is 0. The predicted molar refractivity (Wildman–Crippen MR) is 100 cm³/mol. The lowest BCUT2D eigenvalue weighted by Gasteiger charge is -2.20. The molecule has 0 saturated heterocycles. The molecule has 0 unspecified atom stereocenters. The Kier molecular flexibility index (Phi) is 6.69. The number of carbonyl (C=O) groups excluding carboxylic acids is 1. The molecule has 0 atom stereocenters. The molecule has 0 spiro atoms. The summed E-state index contributed by atoms with van der Waals surface area (Å²) in [5.41, 5.74) is 0.605. The van der Waals surface area contributed by atoms with E-state index in [-0.39, 0.29) is 18.0 Å². The minimum atomic E-state index is -0.234. The molecule has 0 heterocycles. The Labute approximate surface area is 149 Å². The van der Waals surface area contributed by atoms with Crippen LogP contribution in [-0.2, 0) is 4.79 Å². The molecule has 0 aliphatic rings. The van der Waals surface area contributed by atoms with Crippen LogP contribution in [-0.4, -0.2) is 31.2 Å². The molecular formula is C20H26N2O3. The van der Waals surface area contributed by atoms with Gasteiger partial charge in [0.2, 0.25) is 5.91 Å². The van der Waals surface area contributed by atoms with Crippen LogP contribution in [0.15, 0.2) is 54.6 Å². The zero-order chi connectivity index (χ0) is 18.1. The first-order chi connectivity index (χ1) is 11.9. The Morgan fingerprint density at radius 3 is 2.24 bits per heavy atom. The van der Waals surface area contributed by atoms with E-state index in [2.05, 4.69) is 10.6 Å². The van der Waals surface area contributed by atoms with Gasteiger partial charge in [-0.25, -0.2) is 0 Å². The van der Waals surface area contributed by atoms with Gasteiger partial charge in [-0.1, -0.05) is 24.3 Å². The number of para-hydroxylation sites is 1. The van der Waals surface area contributed by atoms with Gasteiger partial charge in [0.15, 0.2) is 0 Å². The molecule has 0 aromatic heterocycles. The third-order valence-electron chi connectivity index (χ3n) is 3.17. The molecule has 25 heavy (non-hydrogen) atoms. The van der Waals surface area contributed by atoms with Crippen molar-refractivity contribution in [2.75, 3.05) is 25.1 Å². The van der Waals surface area contributed by atoms with Crippen LogP contribution in [0.2, 0.25) is 0 Å². The number of rotatable bonds is 8. The maximum absolute atomic E-state index is 11.8. The first-order valence-corrected chi connectivity index (χ1v) is 8.38. The van der Waals surface area contributed by atoms with Gasteiger partial charge in [-0.3, -0.25) is 4.79 Å². The fraction of sp³-hybridized carbons (Fsp3) is 0.350. The van der Waals surface area contributed by atoms with Gasteiger partial charge in [-0.05, 0) is 45.0 Å². The van der Waals surface area contributed by atoms with Gasteiger partial charge in [0.1, 0.15) is 24.7 Å². The van der Waals surface area contributed by atoms with E-state index >= 15 is 0 Å². The van der Waals surface area contributed by atoms with E-state index in [1.54, 1.807) is 0 Å². The number of anilines is 1. The Morgan fingerprint density at radius 2 is 1.56 bits per heavy atom. The standard InChI is InChI=1S/C20H26N2O3/c1-20(2,3)22-19(23)15-21-16-8-7-11-18(14-16)25-13-12-24-17-9-5-4-6-10-17/h4-11,14,21H,12-13,15H2,1-3H3,(H,22,23). The largest absolute Gasteiger partial charge is 0.490 e. The van der Waals surface area contributed by atoms with Crippen molar-refractivity contribution in [2.24, 2.45) is 0 Å². The molecule has 134 valence electrons. The summed E-state index contributed by atoms with van der Waals surface area (Å²) in [5.74, 6) is 1.51. The summed E-state index contributed by atoms with van der Waals surface area (Å²) in [6.07, 6.45) is 0. The first-order valence-electron chi connectivity index (χ1n) is 8.38. The number of benzene rings is 2. The number of hydrogen-bond acceptors (Lipinski definition) is 4. The molecule has 0 saturated carbocycles. The van der Waals surface area contributed by atoms with Crippen LogP contribution in [0.3, 0.4) is 0 Å². The van der Waals surface area contributed by atoms with Crippen molar-refractivity contribution < 1.29 is 14.3 Å². The van der Waals surface area contributed by atoms with E-state index in [9.17, 15) is 4.79 Å². The molecule has 0 fully saturated rings. The van der Waals surface area contributed by atoms with Crippen LogP contribution in [0, 0.1) is 0 Å². The molecule has 5 nitrogen and oxygen atoms in total. The summed E-state index contributed by atoms with van der Waals surface area (Å²) < 4.78 is 11.3. The van der Waals surface area contributed by atoms with E-state index in [0.717, 1.165) is 17.2 Å². The number of hydrogen-bond donors (Lipinski definition) is 2. The van der Waals surface area contributed by atoms with Crippen molar-refractivity contribution in [1.82, 2.24) is 5.32 Å². The van der Waals surface area contributed by atoms with Crippen molar-refractivity contribution in [3.05, 3.63) is 54.6 Å². The third-order valence-corrected chi connectivity index (χ3v) is 3.17. The van der Waals surface area contributed by atoms with Crippen LogP contribution in [0.5, 0.6) is 11.5 Å². The maximum atomic E-state index is 11.8. The van der Waals surface area contributed by atoms with Gasteiger partial charge in [-0.15, -0.1) is 0 Å². The Balaban J connectivity index is 1.74. The quantitative estimate of drug-likeness (QED) is 0.721. The van der Waals surface area contributed by atoms with Crippen LogP contribution in [0.1, 0.15) is 20.8 Å². The summed E-state index contributed by atoms with van der Waals surface area (Å²) in [7, 11) is 0. The second-order valence-electron chi connectivity index (χ2n) is 6.69. The van der Waals surface area contributed by atoms with Crippen LogP contribution >= 0.6 is 0 Å². The summed E-state index contributed by atoms with van der Waals surface area (Å²) in [6, 6.07) is 17.2. The van der Waals surface area contributed by atoms with Crippen molar-refractivity contribution in [3.8, 4) is 11.5 Å². The highest BCUT2D eigenvalue weighted by Gasteiger charge is 2.13. The molecule has 2 rings (SSSR count). The Hall–Kier alpha value is -2.69. The normalized spacial score (nSPS) is 10.8. The molecule has 2 aromatic carbocycles. The maximum Gasteiger partial charge on any atom is 0.239 e. The van der Waals surface area contributed by atoms with Crippen LogP contribution in [0.4, 0.5) is 5.69 Å². The highest BCUT2D eigenvalue weighted by Crippen LogP contribution is 2.17. The van der Waals surface area contributed by atoms with Gasteiger partial charge in [-0.2, -0.15) is 0 Å². The fourth-order valence-corrected chi connectivity index (χ4v) is 2.18. The lowest BCUT2D eigenvalue weighted by molar-refractivity contribution is -0.120. The second-order valence-corrected chi connectivity index (χ2v) is 6.69. The Morgan fingerprint density at radius 1 is 0.920 bits per heavy atom. The third kappa shape index (κ3) is 7.61. The number of amides is 1. The van der Waals surface area contributed by atoms with E-state index in [4.69, 9.17) is 9.47 Å². The molecule has 0 bridgehead atoms. The molecule has 0 aliphatic carbocycles. The van der Waals surface area contributed by atoms with E-state index < -0.39 is 0 Å². The zero-order valence-corrected chi connectivity index (χ0v) is 15.0. The van der Waals surface area contributed by atoms with Crippen molar-refractivity contribution in [2.45, 2.75) is 26.3 Å². The SMILES string of the molecule is CC(C)(C)NC(=O)CNc1cccc(OCCOc2ccccc2)c1. The molecule has 0 radical (unpaired) electrons. The summed E-state index contributed by atoms with van der Waals surface area (Å²) in [4.78, 5) is 11.8. The fourth-order valence-electron chi connectivity index (χ4n) is 2.18. The Bertz CT molecular complexity index is 666. The lowest BCUT2D eigenvalue weighted by atomic mass is 10.1.